The van der Waals surface area contributed by atoms with Gasteiger partial charge in [-0.15, -0.1) is 0 Å². The number of fused-ring (bicyclic) bond motifs is 1. The Morgan fingerprint density at radius 3 is 2.56 bits per heavy atom. The molecule has 1 aromatic heterocycles. The Labute approximate surface area is 198 Å². The topological polar surface area (TPSA) is 44.9 Å². The van der Waals surface area contributed by atoms with Gasteiger partial charge in [0.05, 0.1) is 10.0 Å². The van der Waals surface area contributed by atoms with Crippen LogP contribution < -0.4 is 5.32 Å². The molecule has 0 aliphatic carbocycles. The lowest BCUT2D eigenvalue weighted by Crippen LogP contribution is -2.27. The van der Waals surface area contributed by atoms with Crippen LogP contribution in [0, 0.1) is 0 Å². The van der Waals surface area contributed by atoms with Gasteiger partial charge in [-0.05, 0) is 47.2 Å². The third kappa shape index (κ3) is 5.01. The van der Waals surface area contributed by atoms with Crippen LogP contribution >= 0.6 is 23.2 Å². The second kappa shape index (κ2) is 10.2. The van der Waals surface area contributed by atoms with Crippen LogP contribution in [0.3, 0.4) is 0 Å². The first kappa shape index (κ1) is 22.4. The number of para-hydroxylation sites is 1. The SMILES string of the molecule is CCc1cccc2c([C@H](CC(=O)NCCc3ccccc3)c3ccc(Cl)c(Cl)c3)c[nH]c12. The lowest BCUT2D eigenvalue weighted by Gasteiger charge is -2.18. The van der Waals surface area contributed by atoms with Crippen LogP contribution in [0.1, 0.15) is 41.5 Å². The van der Waals surface area contributed by atoms with Gasteiger partial charge in [-0.3, -0.25) is 4.79 Å². The molecule has 0 saturated heterocycles. The lowest BCUT2D eigenvalue weighted by atomic mass is 9.87. The van der Waals surface area contributed by atoms with E-state index >= 15 is 0 Å². The molecule has 1 heterocycles. The second-order valence-electron chi connectivity index (χ2n) is 7.95. The molecule has 4 aromatic rings. The van der Waals surface area contributed by atoms with E-state index in [2.05, 4.69) is 47.6 Å². The number of nitrogens with one attached hydrogen (secondary N) is 2. The van der Waals surface area contributed by atoms with E-state index in [1.54, 1.807) is 6.07 Å². The van der Waals surface area contributed by atoms with Crippen LogP contribution in [0.15, 0.2) is 72.9 Å². The second-order valence-corrected chi connectivity index (χ2v) is 8.77. The molecule has 0 bridgehead atoms. The Morgan fingerprint density at radius 2 is 1.81 bits per heavy atom. The van der Waals surface area contributed by atoms with Gasteiger partial charge in [0, 0.05) is 36.0 Å². The Morgan fingerprint density at radius 1 is 1.00 bits per heavy atom. The Hall–Kier alpha value is -2.75. The minimum atomic E-state index is -0.137. The van der Waals surface area contributed by atoms with Crippen LogP contribution in [-0.2, 0) is 17.6 Å². The zero-order valence-electron chi connectivity index (χ0n) is 18.0. The van der Waals surface area contributed by atoms with Gasteiger partial charge in [0.15, 0.2) is 0 Å². The molecular formula is C27H26Cl2N2O. The number of aryl methyl sites for hydroxylation is 1. The van der Waals surface area contributed by atoms with Gasteiger partial charge in [0.2, 0.25) is 5.91 Å². The maximum absolute atomic E-state index is 12.9. The number of aromatic amines is 1. The molecule has 0 unspecified atom stereocenters. The molecule has 2 N–H and O–H groups in total. The van der Waals surface area contributed by atoms with Crippen LogP contribution in [0.4, 0.5) is 0 Å². The normalized spacial score (nSPS) is 12.1. The number of halogens is 2. The number of rotatable bonds is 8. The first-order valence-corrected chi connectivity index (χ1v) is 11.7. The van der Waals surface area contributed by atoms with E-state index in [4.69, 9.17) is 23.2 Å². The first-order valence-electron chi connectivity index (χ1n) is 10.9. The van der Waals surface area contributed by atoms with E-state index in [1.165, 1.54) is 11.1 Å². The molecule has 0 aliphatic rings. The van der Waals surface area contributed by atoms with E-state index in [-0.39, 0.29) is 11.8 Å². The molecule has 0 spiro atoms. The third-order valence-corrected chi connectivity index (χ3v) is 6.64. The minimum Gasteiger partial charge on any atom is -0.361 e. The maximum Gasteiger partial charge on any atom is 0.220 e. The summed E-state index contributed by atoms with van der Waals surface area (Å²) < 4.78 is 0. The summed E-state index contributed by atoms with van der Waals surface area (Å²) in [6.45, 7) is 2.75. The Balaban J connectivity index is 1.60. The molecule has 32 heavy (non-hydrogen) atoms. The highest BCUT2D eigenvalue weighted by molar-refractivity contribution is 6.42. The van der Waals surface area contributed by atoms with Crippen molar-refractivity contribution in [1.82, 2.24) is 10.3 Å². The highest BCUT2D eigenvalue weighted by Crippen LogP contribution is 2.36. The highest BCUT2D eigenvalue weighted by Gasteiger charge is 2.22. The van der Waals surface area contributed by atoms with Crippen LogP contribution in [0.2, 0.25) is 10.0 Å². The molecule has 0 fully saturated rings. The van der Waals surface area contributed by atoms with Crippen molar-refractivity contribution in [2.24, 2.45) is 0 Å². The molecule has 3 aromatic carbocycles. The number of benzene rings is 3. The molecule has 0 radical (unpaired) electrons. The monoisotopic (exact) mass is 464 g/mol. The van der Waals surface area contributed by atoms with E-state index in [0.717, 1.165) is 34.9 Å². The summed E-state index contributed by atoms with van der Waals surface area (Å²) in [5, 5.41) is 5.22. The number of carbonyl (C=O) groups excluding carboxylic acids is 1. The number of amides is 1. The summed E-state index contributed by atoms with van der Waals surface area (Å²) in [5.74, 6) is -0.125. The van der Waals surface area contributed by atoms with Crippen molar-refractivity contribution in [1.29, 1.82) is 0 Å². The molecule has 0 aliphatic heterocycles. The van der Waals surface area contributed by atoms with Gasteiger partial charge >= 0.3 is 0 Å². The van der Waals surface area contributed by atoms with E-state index < -0.39 is 0 Å². The Bertz CT molecular complexity index is 1220. The Kier molecular flexibility index (Phi) is 7.19. The van der Waals surface area contributed by atoms with Gasteiger partial charge < -0.3 is 10.3 Å². The predicted molar refractivity (Wildman–Crippen MR) is 134 cm³/mol. The fraction of sp³-hybridized carbons (Fsp3) is 0.222. The number of hydrogen-bond donors (Lipinski definition) is 2. The van der Waals surface area contributed by atoms with Crippen molar-refractivity contribution < 1.29 is 4.79 Å². The minimum absolute atomic E-state index is 0.0120. The zero-order chi connectivity index (χ0) is 22.5. The molecule has 4 rings (SSSR count). The largest absolute Gasteiger partial charge is 0.361 e. The van der Waals surface area contributed by atoms with Crippen molar-refractivity contribution in [2.75, 3.05) is 6.54 Å². The predicted octanol–water partition coefficient (Wildman–Crippen LogP) is 6.92. The summed E-state index contributed by atoms with van der Waals surface area (Å²) in [5.41, 5.74) is 5.65. The average molecular weight is 465 g/mol. The summed E-state index contributed by atoms with van der Waals surface area (Å²) in [7, 11) is 0. The van der Waals surface area contributed by atoms with E-state index in [1.807, 2.05) is 36.5 Å². The van der Waals surface area contributed by atoms with Crippen LogP contribution in [0.5, 0.6) is 0 Å². The molecular weight excluding hydrogens is 439 g/mol. The first-order chi connectivity index (χ1) is 15.6. The van der Waals surface area contributed by atoms with Crippen molar-refractivity contribution in [3.8, 4) is 0 Å². The van der Waals surface area contributed by atoms with Crippen molar-refractivity contribution >= 4 is 40.0 Å². The number of aromatic nitrogens is 1. The lowest BCUT2D eigenvalue weighted by molar-refractivity contribution is -0.121. The summed E-state index contributed by atoms with van der Waals surface area (Å²) in [6.07, 6.45) is 4.09. The van der Waals surface area contributed by atoms with Crippen molar-refractivity contribution in [3.63, 3.8) is 0 Å². The van der Waals surface area contributed by atoms with Gasteiger partial charge in [0.25, 0.3) is 0 Å². The molecule has 3 nitrogen and oxygen atoms in total. The van der Waals surface area contributed by atoms with Gasteiger partial charge in [0.1, 0.15) is 0 Å². The van der Waals surface area contributed by atoms with Gasteiger partial charge in [-0.1, -0.05) is 84.7 Å². The van der Waals surface area contributed by atoms with Crippen molar-refractivity contribution in [2.45, 2.75) is 32.1 Å². The molecule has 0 saturated carbocycles. The van der Waals surface area contributed by atoms with E-state index in [0.29, 0.717) is 23.0 Å². The maximum atomic E-state index is 12.9. The van der Waals surface area contributed by atoms with Gasteiger partial charge in [-0.2, -0.15) is 0 Å². The molecule has 1 amide bonds. The summed E-state index contributed by atoms with van der Waals surface area (Å²) >= 11 is 12.5. The molecule has 1 atom stereocenters. The fourth-order valence-corrected chi connectivity index (χ4v) is 4.51. The fourth-order valence-electron chi connectivity index (χ4n) is 4.21. The van der Waals surface area contributed by atoms with Crippen molar-refractivity contribution in [3.05, 3.63) is 105 Å². The highest BCUT2D eigenvalue weighted by atomic mass is 35.5. The standard InChI is InChI=1S/C27H26Cl2N2O/c1-2-19-9-6-10-21-23(17-31-27(19)21)22(20-11-12-24(28)25(29)15-20)16-26(32)30-14-13-18-7-4-3-5-8-18/h3-12,15,17,22,31H,2,13-14,16H2,1H3,(H,30,32)/t22-/m1/s1. The van der Waals surface area contributed by atoms with Gasteiger partial charge in [-0.25, -0.2) is 0 Å². The third-order valence-electron chi connectivity index (χ3n) is 5.90. The average Bonchev–Trinajstić information content (AvgIpc) is 3.24. The van der Waals surface area contributed by atoms with Crippen LogP contribution in [0.25, 0.3) is 10.9 Å². The number of H-pyrrole nitrogens is 1. The number of carbonyl (C=O) groups is 1. The van der Waals surface area contributed by atoms with Crippen LogP contribution in [-0.4, -0.2) is 17.4 Å². The summed E-state index contributed by atoms with van der Waals surface area (Å²) in [4.78, 5) is 16.4. The smallest absolute Gasteiger partial charge is 0.220 e. The molecule has 5 heteroatoms. The molecule has 164 valence electrons. The zero-order valence-corrected chi connectivity index (χ0v) is 19.5. The summed E-state index contributed by atoms with van der Waals surface area (Å²) in [6, 6.07) is 22.1. The number of hydrogen-bond acceptors (Lipinski definition) is 1. The quantitative estimate of drug-likeness (QED) is 0.292. The van der Waals surface area contributed by atoms with E-state index in [9.17, 15) is 4.79 Å².